The standard InChI is InChI=1S/C16H29F3N2/c1-4-15(2,3)11-5-8-13(20)14(9-11)21(12-6-7-12)10-16(17,18)19/h11-14H,4-10,20H2,1-3H3. The van der Waals surface area contributed by atoms with Crippen molar-refractivity contribution in [3.63, 3.8) is 0 Å². The summed E-state index contributed by atoms with van der Waals surface area (Å²) in [5, 5.41) is 0. The van der Waals surface area contributed by atoms with Gasteiger partial charge in [0.05, 0.1) is 6.54 Å². The second-order valence-electron chi connectivity index (χ2n) is 7.60. The van der Waals surface area contributed by atoms with E-state index in [0.717, 1.165) is 38.5 Å². The highest BCUT2D eigenvalue weighted by Gasteiger charge is 2.46. The zero-order valence-electron chi connectivity index (χ0n) is 13.4. The molecule has 0 heterocycles. The van der Waals surface area contributed by atoms with Crippen molar-refractivity contribution in [1.29, 1.82) is 0 Å². The molecule has 2 N–H and O–H groups in total. The monoisotopic (exact) mass is 306 g/mol. The first kappa shape index (κ1) is 17.1. The third-order valence-corrected chi connectivity index (χ3v) is 5.69. The lowest BCUT2D eigenvalue weighted by molar-refractivity contribution is -0.156. The molecule has 0 spiro atoms. The summed E-state index contributed by atoms with van der Waals surface area (Å²) in [7, 11) is 0. The molecule has 0 aromatic heterocycles. The van der Waals surface area contributed by atoms with Gasteiger partial charge in [0.1, 0.15) is 0 Å². The number of halogens is 3. The number of nitrogens with two attached hydrogens (primary N) is 1. The van der Waals surface area contributed by atoms with Crippen molar-refractivity contribution in [2.24, 2.45) is 17.1 Å². The van der Waals surface area contributed by atoms with Crippen molar-refractivity contribution in [2.75, 3.05) is 6.54 Å². The maximum atomic E-state index is 12.9. The molecule has 21 heavy (non-hydrogen) atoms. The fourth-order valence-corrected chi connectivity index (χ4v) is 3.68. The van der Waals surface area contributed by atoms with Crippen molar-refractivity contribution in [3.8, 4) is 0 Å². The quantitative estimate of drug-likeness (QED) is 0.833. The maximum absolute atomic E-state index is 12.9. The molecule has 2 aliphatic carbocycles. The van der Waals surface area contributed by atoms with Crippen LogP contribution in [0.4, 0.5) is 13.2 Å². The molecule has 0 aliphatic heterocycles. The average Bonchev–Trinajstić information content (AvgIpc) is 3.19. The molecule has 0 amide bonds. The van der Waals surface area contributed by atoms with E-state index in [9.17, 15) is 13.2 Å². The molecule has 124 valence electrons. The van der Waals surface area contributed by atoms with Gasteiger partial charge in [-0.25, -0.2) is 0 Å². The molecular formula is C16H29F3N2. The van der Waals surface area contributed by atoms with Crippen LogP contribution < -0.4 is 5.73 Å². The number of alkyl halides is 3. The predicted octanol–water partition coefficient (Wildman–Crippen LogP) is 3.95. The number of rotatable bonds is 5. The van der Waals surface area contributed by atoms with Crippen molar-refractivity contribution in [3.05, 3.63) is 0 Å². The third kappa shape index (κ3) is 4.35. The first-order valence-electron chi connectivity index (χ1n) is 8.22. The van der Waals surface area contributed by atoms with Crippen LogP contribution in [0.1, 0.15) is 59.3 Å². The second-order valence-corrected chi connectivity index (χ2v) is 7.60. The van der Waals surface area contributed by atoms with Crippen molar-refractivity contribution >= 4 is 0 Å². The minimum Gasteiger partial charge on any atom is -0.326 e. The van der Waals surface area contributed by atoms with E-state index in [-0.39, 0.29) is 23.5 Å². The van der Waals surface area contributed by atoms with Gasteiger partial charge in [0, 0.05) is 18.1 Å². The van der Waals surface area contributed by atoms with Crippen LogP contribution in [-0.4, -0.2) is 35.7 Å². The highest BCUT2D eigenvalue weighted by Crippen LogP contribution is 2.43. The number of hydrogen-bond acceptors (Lipinski definition) is 2. The Morgan fingerprint density at radius 3 is 2.19 bits per heavy atom. The minimum atomic E-state index is -4.13. The minimum absolute atomic E-state index is 0.103. The van der Waals surface area contributed by atoms with Gasteiger partial charge < -0.3 is 5.73 Å². The van der Waals surface area contributed by atoms with Gasteiger partial charge in [-0.1, -0.05) is 27.2 Å². The van der Waals surface area contributed by atoms with E-state index in [1.807, 2.05) is 0 Å². The summed E-state index contributed by atoms with van der Waals surface area (Å²) in [5.41, 5.74) is 6.39. The summed E-state index contributed by atoms with van der Waals surface area (Å²) < 4.78 is 38.7. The Morgan fingerprint density at radius 2 is 1.71 bits per heavy atom. The fraction of sp³-hybridized carbons (Fsp3) is 1.00. The summed E-state index contributed by atoms with van der Waals surface area (Å²) in [5.74, 6) is 0.474. The molecule has 2 fully saturated rings. The Morgan fingerprint density at radius 1 is 1.10 bits per heavy atom. The van der Waals surface area contributed by atoms with Gasteiger partial charge in [-0.15, -0.1) is 0 Å². The molecule has 2 rings (SSSR count). The second kappa shape index (κ2) is 6.07. The van der Waals surface area contributed by atoms with Gasteiger partial charge in [-0.05, 0) is 43.4 Å². The number of hydrogen-bond donors (Lipinski definition) is 1. The van der Waals surface area contributed by atoms with Gasteiger partial charge in [0.2, 0.25) is 0 Å². The molecule has 3 unspecified atom stereocenters. The largest absolute Gasteiger partial charge is 0.401 e. The average molecular weight is 306 g/mol. The van der Waals surface area contributed by atoms with E-state index in [1.54, 1.807) is 4.90 Å². The zero-order valence-corrected chi connectivity index (χ0v) is 13.4. The molecule has 0 radical (unpaired) electrons. The van der Waals surface area contributed by atoms with Crippen LogP contribution in [0, 0.1) is 11.3 Å². The lowest BCUT2D eigenvalue weighted by Crippen LogP contribution is -2.55. The molecule has 0 aromatic carbocycles. The van der Waals surface area contributed by atoms with Crippen LogP contribution in [0.5, 0.6) is 0 Å². The molecule has 3 atom stereocenters. The smallest absolute Gasteiger partial charge is 0.326 e. The summed E-state index contributed by atoms with van der Waals surface area (Å²) in [4.78, 5) is 1.67. The highest BCUT2D eigenvalue weighted by atomic mass is 19.4. The first-order chi connectivity index (χ1) is 9.64. The van der Waals surface area contributed by atoms with E-state index in [1.165, 1.54) is 0 Å². The van der Waals surface area contributed by atoms with E-state index in [4.69, 9.17) is 5.73 Å². The van der Waals surface area contributed by atoms with Gasteiger partial charge in [-0.2, -0.15) is 13.2 Å². The zero-order chi connectivity index (χ0) is 15.8. The summed E-state index contributed by atoms with van der Waals surface area (Å²) in [6, 6.07) is -0.119. The van der Waals surface area contributed by atoms with Crippen molar-refractivity contribution in [2.45, 2.75) is 83.6 Å². The van der Waals surface area contributed by atoms with E-state index in [0.29, 0.717) is 5.92 Å². The lowest BCUT2D eigenvalue weighted by atomic mass is 9.67. The van der Waals surface area contributed by atoms with Gasteiger partial charge in [0.25, 0.3) is 0 Å². The Labute approximate surface area is 126 Å². The number of nitrogens with zero attached hydrogens (tertiary/aromatic N) is 1. The van der Waals surface area contributed by atoms with E-state index in [2.05, 4.69) is 20.8 Å². The van der Waals surface area contributed by atoms with Crippen molar-refractivity contribution < 1.29 is 13.2 Å². The van der Waals surface area contributed by atoms with E-state index < -0.39 is 12.7 Å². The SMILES string of the molecule is CCC(C)(C)C1CCC(N)C(N(CC(F)(F)F)C2CC2)C1. The van der Waals surface area contributed by atoms with Gasteiger partial charge in [0.15, 0.2) is 0 Å². The van der Waals surface area contributed by atoms with Crippen LogP contribution in [0.15, 0.2) is 0 Å². The van der Waals surface area contributed by atoms with E-state index >= 15 is 0 Å². The summed E-state index contributed by atoms with van der Waals surface area (Å²) in [6.07, 6.45) is 1.41. The lowest BCUT2D eigenvalue weighted by Gasteiger charge is -2.46. The fourth-order valence-electron chi connectivity index (χ4n) is 3.68. The van der Waals surface area contributed by atoms with Gasteiger partial charge in [-0.3, -0.25) is 4.90 Å². The Balaban J connectivity index is 2.10. The Hall–Kier alpha value is -0.290. The molecule has 0 bridgehead atoms. The Kier molecular flexibility index (Phi) is 4.94. The molecular weight excluding hydrogens is 277 g/mol. The molecule has 5 heteroatoms. The van der Waals surface area contributed by atoms with Crippen LogP contribution in [0.25, 0.3) is 0 Å². The molecule has 2 aliphatic rings. The molecule has 0 saturated heterocycles. The van der Waals surface area contributed by atoms with Crippen molar-refractivity contribution in [1.82, 2.24) is 4.90 Å². The summed E-state index contributed by atoms with van der Waals surface area (Å²) >= 11 is 0. The highest BCUT2D eigenvalue weighted by molar-refractivity contribution is 4.98. The van der Waals surface area contributed by atoms with Gasteiger partial charge >= 0.3 is 6.18 Å². The maximum Gasteiger partial charge on any atom is 0.401 e. The van der Waals surface area contributed by atoms with Crippen LogP contribution in [0.2, 0.25) is 0 Å². The molecule has 0 aromatic rings. The van der Waals surface area contributed by atoms with Crippen LogP contribution in [0.3, 0.4) is 0 Å². The van der Waals surface area contributed by atoms with Crippen LogP contribution >= 0.6 is 0 Å². The Bertz CT molecular complexity index is 350. The summed E-state index contributed by atoms with van der Waals surface area (Å²) in [6.45, 7) is 5.83. The van der Waals surface area contributed by atoms with Crippen LogP contribution in [-0.2, 0) is 0 Å². The first-order valence-corrected chi connectivity index (χ1v) is 8.22. The molecule has 2 saturated carbocycles. The topological polar surface area (TPSA) is 29.3 Å². The molecule has 2 nitrogen and oxygen atoms in total. The normalized spacial score (nSPS) is 31.7. The predicted molar refractivity (Wildman–Crippen MR) is 79.0 cm³/mol. The third-order valence-electron chi connectivity index (χ3n) is 5.69.